The molecule has 0 aliphatic carbocycles. The number of guanidine groups is 1. The summed E-state index contributed by atoms with van der Waals surface area (Å²) >= 11 is 0. The lowest BCUT2D eigenvalue weighted by Crippen LogP contribution is -2.43. The number of nitrogens with one attached hydrogen (secondary N) is 2. The Morgan fingerprint density at radius 1 is 1.04 bits per heavy atom. The summed E-state index contributed by atoms with van der Waals surface area (Å²) in [4.78, 5) is 4.29. The van der Waals surface area contributed by atoms with Gasteiger partial charge in [0.1, 0.15) is 0 Å². The van der Waals surface area contributed by atoms with Gasteiger partial charge in [0.25, 0.3) is 0 Å². The lowest BCUT2D eigenvalue weighted by Gasteiger charge is -2.26. The van der Waals surface area contributed by atoms with Crippen LogP contribution in [0.15, 0.2) is 47.5 Å². The van der Waals surface area contributed by atoms with Crippen molar-refractivity contribution in [3.63, 3.8) is 0 Å². The van der Waals surface area contributed by atoms with E-state index < -0.39 is 0 Å². The Labute approximate surface area is 161 Å². The Morgan fingerprint density at radius 2 is 1.63 bits per heavy atom. The molecule has 0 unspecified atom stereocenters. The van der Waals surface area contributed by atoms with Crippen molar-refractivity contribution in [3.8, 4) is 17.2 Å². The van der Waals surface area contributed by atoms with Crippen LogP contribution in [0.3, 0.4) is 0 Å². The minimum absolute atomic E-state index is 0.00383. The Kier molecular flexibility index (Phi) is 6.93. The molecule has 0 aliphatic heterocycles. The molecule has 0 atom stereocenters. The Morgan fingerprint density at radius 3 is 2.15 bits per heavy atom. The van der Waals surface area contributed by atoms with E-state index >= 15 is 0 Å². The van der Waals surface area contributed by atoms with E-state index in [1.165, 1.54) is 19.8 Å². The first-order valence-electron chi connectivity index (χ1n) is 8.85. The summed E-state index contributed by atoms with van der Waals surface area (Å²) in [5.74, 6) is 1.44. The lowest BCUT2D eigenvalue weighted by atomic mass is 9.85. The van der Waals surface area contributed by atoms with Crippen molar-refractivity contribution < 1.29 is 14.6 Å². The first-order valence-corrected chi connectivity index (χ1v) is 8.85. The average Bonchev–Trinajstić information content (AvgIpc) is 2.69. The normalized spacial score (nSPS) is 11.8. The van der Waals surface area contributed by atoms with Crippen LogP contribution in [-0.2, 0) is 12.0 Å². The molecule has 0 amide bonds. The van der Waals surface area contributed by atoms with Crippen LogP contribution < -0.4 is 20.1 Å². The molecule has 0 heterocycles. The Balaban J connectivity index is 2.00. The molecule has 6 nitrogen and oxygen atoms in total. The van der Waals surface area contributed by atoms with Crippen LogP contribution in [0.2, 0.25) is 0 Å². The largest absolute Gasteiger partial charge is 0.502 e. The molecule has 0 bridgehead atoms. The molecule has 146 valence electrons. The van der Waals surface area contributed by atoms with Crippen LogP contribution in [0.1, 0.15) is 25.0 Å². The highest BCUT2D eigenvalue weighted by Gasteiger charge is 2.20. The highest BCUT2D eigenvalue weighted by molar-refractivity contribution is 5.79. The van der Waals surface area contributed by atoms with Gasteiger partial charge in [-0.15, -0.1) is 0 Å². The maximum atomic E-state index is 10.0. The molecule has 2 rings (SSSR count). The van der Waals surface area contributed by atoms with E-state index in [2.05, 4.69) is 53.7 Å². The van der Waals surface area contributed by atoms with Crippen molar-refractivity contribution in [1.29, 1.82) is 0 Å². The summed E-state index contributed by atoms with van der Waals surface area (Å²) in [5, 5.41) is 16.7. The third kappa shape index (κ3) is 5.29. The highest BCUT2D eigenvalue weighted by atomic mass is 16.5. The predicted molar refractivity (Wildman–Crippen MR) is 109 cm³/mol. The zero-order valence-corrected chi connectivity index (χ0v) is 16.7. The van der Waals surface area contributed by atoms with Crippen LogP contribution in [0.5, 0.6) is 17.2 Å². The van der Waals surface area contributed by atoms with Gasteiger partial charge in [-0.1, -0.05) is 44.2 Å². The van der Waals surface area contributed by atoms with Gasteiger partial charge in [0.15, 0.2) is 17.5 Å². The zero-order chi connectivity index (χ0) is 19.9. The number of hydrogen-bond acceptors (Lipinski definition) is 4. The topological polar surface area (TPSA) is 75.1 Å². The fourth-order valence-corrected chi connectivity index (χ4v) is 2.75. The minimum atomic E-state index is -0.0378. The summed E-state index contributed by atoms with van der Waals surface area (Å²) in [5.41, 5.74) is 2.14. The fourth-order valence-electron chi connectivity index (χ4n) is 2.75. The summed E-state index contributed by atoms with van der Waals surface area (Å²) < 4.78 is 10.4. The van der Waals surface area contributed by atoms with Gasteiger partial charge in [0.05, 0.1) is 14.2 Å². The van der Waals surface area contributed by atoms with Gasteiger partial charge >= 0.3 is 0 Å². The third-order valence-electron chi connectivity index (χ3n) is 4.48. The van der Waals surface area contributed by atoms with Crippen LogP contribution in [0.25, 0.3) is 0 Å². The van der Waals surface area contributed by atoms with E-state index in [0.29, 0.717) is 24.0 Å². The predicted octanol–water partition coefficient (Wildman–Crippen LogP) is 3.05. The van der Waals surface area contributed by atoms with Crippen molar-refractivity contribution in [2.24, 2.45) is 4.99 Å². The van der Waals surface area contributed by atoms with Crippen molar-refractivity contribution in [1.82, 2.24) is 10.6 Å². The second-order valence-corrected chi connectivity index (χ2v) is 6.88. The number of aromatic hydroxyl groups is 1. The molecular weight excluding hydrogens is 342 g/mol. The number of nitrogens with zero attached hydrogens (tertiary/aromatic N) is 1. The van der Waals surface area contributed by atoms with Crippen LogP contribution in [0.4, 0.5) is 0 Å². The van der Waals surface area contributed by atoms with Gasteiger partial charge < -0.3 is 25.2 Å². The average molecular weight is 371 g/mol. The molecule has 2 aromatic rings. The smallest absolute Gasteiger partial charge is 0.200 e. The first kappa shape index (κ1) is 20.4. The molecule has 0 aromatic heterocycles. The first-order chi connectivity index (χ1) is 12.9. The van der Waals surface area contributed by atoms with Crippen molar-refractivity contribution >= 4 is 5.96 Å². The number of phenolic OH excluding ortho intramolecular Hbond substituents is 1. The number of phenols is 1. The lowest BCUT2D eigenvalue weighted by molar-refractivity contribution is 0.339. The number of hydrogen-bond donors (Lipinski definition) is 3. The Bertz CT molecular complexity index is 748. The quantitative estimate of drug-likeness (QED) is 0.515. The maximum Gasteiger partial charge on any atom is 0.200 e. The van der Waals surface area contributed by atoms with E-state index in [0.717, 1.165) is 12.1 Å². The summed E-state index contributed by atoms with van der Waals surface area (Å²) in [7, 11) is 4.76. The molecule has 6 heteroatoms. The molecule has 0 fully saturated rings. The molecule has 0 spiro atoms. The second kappa shape index (κ2) is 9.16. The highest BCUT2D eigenvalue weighted by Crippen LogP contribution is 2.37. The monoisotopic (exact) mass is 371 g/mol. The second-order valence-electron chi connectivity index (χ2n) is 6.88. The molecular formula is C21H29N3O3. The summed E-state index contributed by atoms with van der Waals surface area (Å²) in [6.07, 6.45) is 0. The standard InChI is InChI=1S/C21H29N3O3/c1-21(2,16-9-7-6-8-10-16)14-24-20(22-3)23-13-15-11-17(26-4)19(25)18(12-15)27-5/h6-12,25H,13-14H2,1-5H3,(H2,22,23,24). The molecule has 0 aliphatic rings. The molecule has 0 radical (unpaired) electrons. The number of aliphatic imine (C=N–C) groups is 1. The van der Waals surface area contributed by atoms with Gasteiger partial charge in [-0.25, -0.2) is 0 Å². The molecule has 3 N–H and O–H groups in total. The fraction of sp³-hybridized carbons (Fsp3) is 0.381. The molecule has 0 saturated heterocycles. The Hall–Kier alpha value is -2.89. The van der Waals surface area contributed by atoms with E-state index in [-0.39, 0.29) is 11.2 Å². The molecule has 0 saturated carbocycles. The van der Waals surface area contributed by atoms with Crippen LogP contribution >= 0.6 is 0 Å². The van der Waals surface area contributed by atoms with E-state index in [1.807, 2.05) is 6.07 Å². The number of methoxy groups -OCH3 is 2. The minimum Gasteiger partial charge on any atom is -0.502 e. The van der Waals surface area contributed by atoms with Crippen molar-refractivity contribution in [2.45, 2.75) is 25.8 Å². The number of rotatable bonds is 7. The van der Waals surface area contributed by atoms with Gasteiger partial charge in [-0.05, 0) is 23.3 Å². The third-order valence-corrected chi connectivity index (χ3v) is 4.48. The van der Waals surface area contributed by atoms with Gasteiger partial charge in [-0.2, -0.15) is 0 Å². The summed E-state index contributed by atoms with van der Waals surface area (Å²) in [6, 6.07) is 13.9. The zero-order valence-electron chi connectivity index (χ0n) is 16.7. The SMILES string of the molecule is CN=C(NCc1cc(OC)c(O)c(OC)c1)NCC(C)(C)c1ccccc1. The van der Waals surface area contributed by atoms with E-state index in [1.54, 1.807) is 19.2 Å². The molecule has 2 aromatic carbocycles. The summed E-state index contributed by atoms with van der Waals surface area (Å²) in [6.45, 7) is 5.63. The molecule has 27 heavy (non-hydrogen) atoms. The van der Waals surface area contributed by atoms with Gasteiger partial charge in [0.2, 0.25) is 5.75 Å². The van der Waals surface area contributed by atoms with Crippen molar-refractivity contribution in [2.75, 3.05) is 27.8 Å². The van der Waals surface area contributed by atoms with Gasteiger partial charge in [0, 0.05) is 25.6 Å². The van der Waals surface area contributed by atoms with Gasteiger partial charge in [-0.3, -0.25) is 4.99 Å². The van der Waals surface area contributed by atoms with Crippen LogP contribution in [-0.4, -0.2) is 38.9 Å². The van der Waals surface area contributed by atoms with Crippen LogP contribution in [0, 0.1) is 0 Å². The van der Waals surface area contributed by atoms with E-state index in [4.69, 9.17) is 9.47 Å². The maximum absolute atomic E-state index is 10.0. The van der Waals surface area contributed by atoms with E-state index in [9.17, 15) is 5.11 Å². The number of ether oxygens (including phenoxy) is 2. The number of benzene rings is 2. The van der Waals surface area contributed by atoms with Crippen molar-refractivity contribution in [3.05, 3.63) is 53.6 Å².